The van der Waals surface area contributed by atoms with Crippen LogP contribution < -0.4 is 5.56 Å². The summed E-state index contributed by atoms with van der Waals surface area (Å²) in [6.45, 7) is -1.39. The van der Waals surface area contributed by atoms with Gasteiger partial charge < -0.3 is 9.72 Å². The van der Waals surface area contributed by atoms with E-state index in [1.165, 1.54) is 0 Å². The van der Waals surface area contributed by atoms with Gasteiger partial charge in [0.2, 0.25) is 0 Å². The summed E-state index contributed by atoms with van der Waals surface area (Å²) in [6.07, 6.45) is -1.75. The maximum atomic E-state index is 11.8. The van der Waals surface area contributed by atoms with Crippen molar-refractivity contribution in [3.63, 3.8) is 0 Å². The van der Waals surface area contributed by atoms with Crippen molar-refractivity contribution < 1.29 is 17.9 Å². The van der Waals surface area contributed by atoms with Gasteiger partial charge >= 0.3 is 6.18 Å². The van der Waals surface area contributed by atoms with Gasteiger partial charge in [-0.2, -0.15) is 13.2 Å². The number of nitrogens with zero attached hydrogens (tertiary/aromatic N) is 1. The summed E-state index contributed by atoms with van der Waals surface area (Å²) in [5.74, 6) is 0.392. The molecule has 0 aliphatic heterocycles. The minimum Gasteiger partial charge on any atom is -0.372 e. The number of H-pyrrole nitrogens is 1. The highest BCUT2D eigenvalue weighted by Gasteiger charge is 2.27. The largest absolute Gasteiger partial charge is 0.411 e. The van der Waals surface area contributed by atoms with Gasteiger partial charge in [0.05, 0.1) is 12.3 Å². The van der Waals surface area contributed by atoms with Crippen LogP contribution in [0.1, 0.15) is 23.5 Å². The maximum absolute atomic E-state index is 11.8. The van der Waals surface area contributed by atoms with Crippen LogP contribution in [0.5, 0.6) is 0 Å². The molecule has 1 aliphatic carbocycles. The van der Waals surface area contributed by atoms with Crippen molar-refractivity contribution in [2.45, 2.75) is 31.9 Å². The lowest BCUT2D eigenvalue weighted by Gasteiger charge is -2.07. The van der Waals surface area contributed by atoms with E-state index in [4.69, 9.17) is 0 Å². The second-order valence-corrected chi connectivity index (χ2v) is 4.21. The van der Waals surface area contributed by atoms with Gasteiger partial charge in [0, 0.05) is 12.0 Å². The van der Waals surface area contributed by atoms with Crippen LogP contribution in [0.15, 0.2) is 4.79 Å². The van der Waals surface area contributed by atoms with E-state index in [2.05, 4.69) is 14.7 Å². The Labute approximate surface area is 101 Å². The molecule has 0 radical (unpaired) electrons. The molecule has 100 valence electrons. The summed E-state index contributed by atoms with van der Waals surface area (Å²) in [5.41, 5.74) is 1.29. The minimum atomic E-state index is -4.32. The van der Waals surface area contributed by atoms with Crippen LogP contribution in [0.3, 0.4) is 0 Å². The minimum absolute atomic E-state index is 0.110. The fourth-order valence-corrected chi connectivity index (χ4v) is 1.97. The fourth-order valence-electron chi connectivity index (χ4n) is 1.97. The van der Waals surface area contributed by atoms with E-state index in [0.29, 0.717) is 11.4 Å². The topological polar surface area (TPSA) is 55.0 Å². The molecule has 0 aromatic carbocycles. The average Bonchev–Trinajstić information content (AvgIpc) is 2.71. The number of alkyl halides is 3. The molecule has 0 amide bonds. The third kappa shape index (κ3) is 3.32. The Morgan fingerprint density at radius 3 is 2.83 bits per heavy atom. The normalized spacial score (nSPS) is 14.8. The molecule has 0 fully saturated rings. The lowest BCUT2D eigenvalue weighted by Crippen LogP contribution is -2.20. The molecule has 0 saturated heterocycles. The van der Waals surface area contributed by atoms with Crippen LogP contribution >= 0.6 is 0 Å². The molecule has 1 N–H and O–H groups in total. The number of ether oxygens (including phenoxy) is 1. The Hall–Kier alpha value is -1.37. The predicted octanol–water partition coefficient (Wildman–Crippen LogP) is 1.38. The maximum Gasteiger partial charge on any atom is 0.411 e. The van der Waals surface area contributed by atoms with Gasteiger partial charge in [-0.3, -0.25) is 4.79 Å². The van der Waals surface area contributed by atoms with Crippen molar-refractivity contribution in [2.24, 2.45) is 0 Å². The number of aromatic nitrogens is 2. The molecule has 1 heterocycles. The summed E-state index contributed by atoms with van der Waals surface area (Å²) >= 11 is 0. The molecule has 0 atom stereocenters. The van der Waals surface area contributed by atoms with Crippen molar-refractivity contribution in [3.8, 4) is 0 Å². The van der Waals surface area contributed by atoms with E-state index < -0.39 is 12.8 Å². The number of aromatic amines is 1. The molecule has 4 nitrogen and oxygen atoms in total. The number of hydrogen-bond acceptors (Lipinski definition) is 3. The number of fused-ring (bicyclic) bond motifs is 1. The van der Waals surface area contributed by atoms with Crippen LogP contribution in [-0.2, 0) is 24.0 Å². The monoisotopic (exact) mass is 262 g/mol. The lowest BCUT2D eigenvalue weighted by atomic mass is 10.2. The number of halogens is 3. The van der Waals surface area contributed by atoms with Crippen LogP contribution in [-0.4, -0.2) is 29.4 Å². The Morgan fingerprint density at radius 2 is 2.11 bits per heavy atom. The molecular formula is C11H13F3N2O2. The van der Waals surface area contributed by atoms with Crippen molar-refractivity contribution in [3.05, 3.63) is 27.4 Å². The molecule has 1 aromatic heterocycles. The quantitative estimate of drug-likeness (QED) is 0.834. The van der Waals surface area contributed by atoms with Gasteiger partial charge in [-0.1, -0.05) is 0 Å². The van der Waals surface area contributed by atoms with Gasteiger partial charge in [0.15, 0.2) is 0 Å². The van der Waals surface area contributed by atoms with E-state index in [1.807, 2.05) is 0 Å². The Bertz CT molecular complexity index is 482. The highest BCUT2D eigenvalue weighted by atomic mass is 19.4. The SMILES string of the molecule is O=c1[nH]c(CCOCC(F)(F)F)nc2c1CCC2. The molecule has 2 rings (SSSR count). The van der Waals surface area contributed by atoms with E-state index in [0.717, 1.165) is 25.0 Å². The van der Waals surface area contributed by atoms with Crippen LogP contribution in [0, 0.1) is 0 Å². The first kappa shape index (κ1) is 13.1. The van der Waals surface area contributed by atoms with Gasteiger partial charge in [-0.25, -0.2) is 4.98 Å². The standard InChI is InChI=1S/C11H13F3N2O2/c12-11(13,14)6-18-5-4-9-15-8-3-1-2-7(8)10(17)16-9/h1-6H2,(H,15,16,17). The fraction of sp³-hybridized carbons (Fsp3) is 0.636. The zero-order valence-corrected chi connectivity index (χ0v) is 9.64. The second kappa shape index (κ2) is 5.09. The molecule has 7 heteroatoms. The molecule has 18 heavy (non-hydrogen) atoms. The molecule has 0 unspecified atom stereocenters. The van der Waals surface area contributed by atoms with Crippen molar-refractivity contribution in [1.29, 1.82) is 0 Å². The number of nitrogens with one attached hydrogen (secondary N) is 1. The summed E-state index contributed by atoms with van der Waals surface area (Å²) in [7, 11) is 0. The number of aryl methyl sites for hydroxylation is 1. The molecule has 0 bridgehead atoms. The smallest absolute Gasteiger partial charge is 0.372 e. The Morgan fingerprint density at radius 1 is 1.33 bits per heavy atom. The van der Waals surface area contributed by atoms with Crippen LogP contribution in [0.2, 0.25) is 0 Å². The van der Waals surface area contributed by atoms with Crippen molar-refractivity contribution >= 4 is 0 Å². The van der Waals surface area contributed by atoms with Gasteiger partial charge in [0.25, 0.3) is 5.56 Å². The average molecular weight is 262 g/mol. The first-order chi connectivity index (χ1) is 8.46. The van der Waals surface area contributed by atoms with Gasteiger partial charge in [0.1, 0.15) is 12.4 Å². The van der Waals surface area contributed by atoms with E-state index in [9.17, 15) is 18.0 Å². The Kier molecular flexibility index (Phi) is 3.70. The molecular weight excluding hydrogens is 249 g/mol. The summed E-state index contributed by atoms with van der Waals surface area (Å²) in [4.78, 5) is 18.4. The first-order valence-corrected chi connectivity index (χ1v) is 5.71. The van der Waals surface area contributed by atoms with Crippen molar-refractivity contribution in [2.75, 3.05) is 13.2 Å². The van der Waals surface area contributed by atoms with Crippen LogP contribution in [0.4, 0.5) is 13.2 Å². The lowest BCUT2D eigenvalue weighted by molar-refractivity contribution is -0.173. The molecule has 1 aromatic rings. The summed E-state index contributed by atoms with van der Waals surface area (Å²) in [6, 6.07) is 0. The first-order valence-electron chi connectivity index (χ1n) is 5.71. The van der Waals surface area contributed by atoms with Gasteiger partial charge in [-0.15, -0.1) is 0 Å². The number of hydrogen-bond donors (Lipinski definition) is 1. The zero-order chi connectivity index (χ0) is 13.2. The number of rotatable bonds is 4. The van der Waals surface area contributed by atoms with E-state index >= 15 is 0 Å². The Balaban J connectivity index is 1.91. The summed E-state index contributed by atoms with van der Waals surface area (Å²) < 4.78 is 40.0. The molecule has 1 aliphatic rings. The predicted molar refractivity (Wildman–Crippen MR) is 57.5 cm³/mol. The molecule has 0 saturated carbocycles. The van der Waals surface area contributed by atoms with Crippen LogP contribution in [0.25, 0.3) is 0 Å². The van der Waals surface area contributed by atoms with E-state index in [-0.39, 0.29) is 18.6 Å². The zero-order valence-electron chi connectivity index (χ0n) is 9.64. The highest BCUT2D eigenvalue weighted by molar-refractivity contribution is 5.22. The summed E-state index contributed by atoms with van der Waals surface area (Å²) in [5, 5.41) is 0. The van der Waals surface area contributed by atoms with Gasteiger partial charge in [-0.05, 0) is 19.3 Å². The second-order valence-electron chi connectivity index (χ2n) is 4.21. The third-order valence-corrected chi connectivity index (χ3v) is 2.74. The van der Waals surface area contributed by atoms with Crippen molar-refractivity contribution in [1.82, 2.24) is 9.97 Å². The molecule has 0 spiro atoms. The highest BCUT2D eigenvalue weighted by Crippen LogP contribution is 2.16. The van der Waals surface area contributed by atoms with E-state index in [1.54, 1.807) is 0 Å². The third-order valence-electron chi connectivity index (χ3n) is 2.74.